The van der Waals surface area contributed by atoms with Gasteiger partial charge in [-0.15, -0.1) is 0 Å². The Morgan fingerprint density at radius 1 is 1.31 bits per heavy atom. The molecule has 1 amide bonds. The molecule has 16 heavy (non-hydrogen) atoms. The summed E-state index contributed by atoms with van der Waals surface area (Å²) in [5.41, 5.74) is 2.46. The molecule has 1 heterocycles. The number of aromatic amines is 1. The molecule has 2 rings (SSSR count). The molecule has 0 radical (unpaired) electrons. The monoisotopic (exact) mass is 236 g/mol. The van der Waals surface area contributed by atoms with E-state index in [0.29, 0.717) is 10.7 Å². The Bertz CT molecular complexity index is 557. The van der Waals surface area contributed by atoms with Gasteiger partial charge in [-0.2, -0.15) is 0 Å². The van der Waals surface area contributed by atoms with Gasteiger partial charge in [0, 0.05) is 19.5 Å². The fourth-order valence-corrected chi connectivity index (χ4v) is 2.03. The van der Waals surface area contributed by atoms with Gasteiger partial charge in [0.25, 0.3) is 5.91 Å². The highest BCUT2D eigenvalue weighted by molar-refractivity contribution is 6.35. The summed E-state index contributed by atoms with van der Waals surface area (Å²) in [5, 5.41) is 1.61. The number of aryl methyl sites for hydroxylation is 1. The van der Waals surface area contributed by atoms with Gasteiger partial charge in [0.15, 0.2) is 0 Å². The Kier molecular flexibility index (Phi) is 2.64. The van der Waals surface area contributed by atoms with Crippen molar-refractivity contribution >= 4 is 28.4 Å². The van der Waals surface area contributed by atoms with Crippen LogP contribution in [0.5, 0.6) is 0 Å². The summed E-state index contributed by atoms with van der Waals surface area (Å²) in [6, 6.07) is 5.71. The summed E-state index contributed by atoms with van der Waals surface area (Å²) in [6.07, 6.45) is 0. The molecule has 3 nitrogen and oxygen atoms in total. The Balaban J connectivity index is 2.60. The lowest BCUT2D eigenvalue weighted by atomic mass is 10.2. The molecule has 0 bridgehead atoms. The quantitative estimate of drug-likeness (QED) is 0.812. The lowest BCUT2D eigenvalue weighted by Crippen LogP contribution is -2.21. The Morgan fingerprint density at radius 3 is 2.62 bits per heavy atom. The van der Waals surface area contributed by atoms with Gasteiger partial charge < -0.3 is 9.88 Å². The third-order valence-corrected chi connectivity index (χ3v) is 2.76. The number of nitrogens with zero attached hydrogens (tertiary/aromatic N) is 1. The number of benzene rings is 1. The third kappa shape index (κ3) is 1.78. The highest BCUT2D eigenvalue weighted by Gasteiger charge is 2.12. The number of nitrogens with one attached hydrogen (secondary N) is 1. The largest absolute Gasteiger partial charge is 0.349 e. The van der Waals surface area contributed by atoms with Crippen molar-refractivity contribution in [2.75, 3.05) is 14.1 Å². The maximum atomic E-state index is 11.8. The van der Waals surface area contributed by atoms with Gasteiger partial charge in [-0.25, -0.2) is 0 Å². The molecular weight excluding hydrogens is 224 g/mol. The first-order valence-electron chi connectivity index (χ1n) is 4.99. The van der Waals surface area contributed by atoms with Gasteiger partial charge >= 0.3 is 0 Å². The molecule has 1 N–H and O–H groups in total. The van der Waals surface area contributed by atoms with E-state index in [2.05, 4.69) is 4.98 Å². The number of H-pyrrole nitrogens is 1. The minimum atomic E-state index is -0.0510. The van der Waals surface area contributed by atoms with Crippen LogP contribution in [0.4, 0.5) is 0 Å². The Labute approximate surface area is 99.0 Å². The third-order valence-electron chi connectivity index (χ3n) is 2.46. The lowest BCUT2D eigenvalue weighted by Gasteiger charge is -2.07. The number of carbonyl (C=O) groups is 1. The maximum absolute atomic E-state index is 11.8. The summed E-state index contributed by atoms with van der Waals surface area (Å²) in [5.74, 6) is -0.0510. The molecule has 0 unspecified atom stereocenters. The van der Waals surface area contributed by atoms with Crippen LogP contribution in [0.2, 0.25) is 5.02 Å². The number of hydrogen-bond donors (Lipinski definition) is 1. The van der Waals surface area contributed by atoms with E-state index >= 15 is 0 Å². The molecule has 4 heteroatoms. The summed E-state index contributed by atoms with van der Waals surface area (Å²) < 4.78 is 0. The second kappa shape index (κ2) is 3.83. The van der Waals surface area contributed by atoms with Crippen LogP contribution in [0, 0.1) is 6.92 Å². The molecule has 0 atom stereocenters. The first-order valence-corrected chi connectivity index (χ1v) is 5.37. The molecular formula is C12H13ClN2O. The van der Waals surface area contributed by atoms with Gasteiger partial charge in [0.1, 0.15) is 5.69 Å². The van der Waals surface area contributed by atoms with Crippen molar-refractivity contribution in [2.24, 2.45) is 0 Å². The average molecular weight is 237 g/mol. The molecule has 0 spiro atoms. The first kappa shape index (κ1) is 11.0. The molecule has 1 aromatic carbocycles. The lowest BCUT2D eigenvalue weighted by molar-refractivity contribution is 0.0823. The van der Waals surface area contributed by atoms with Crippen molar-refractivity contribution in [2.45, 2.75) is 6.92 Å². The minimum Gasteiger partial charge on any atom is -0.349 e. The van der Waals surface area contributed by atoms with Gasteiger partial charge in [-0.3, -0.25) is 4.79 Å². The topological polar surface area (TPSA) is 36.1 Å². The summed E-state index contributed by atoms with van der Waals surface area (Å²) >= 11 is 6.10. The van der Waals surface area contributed by atoms with Crippen LogP contribution in [0.1, 0.15) is 16.1 Å². The number of amides is 1. The van der Waals surface area contributed by atoms with Crippen molar-refractivity contribution < 1.29 is 4.79 Å². The van der Waals surface area contributed by atoms with Crippen molar-refractivity contribution in [3.63, 3.8) is 0 Å². The number of hydrogen-bond acceptors (Lipinski definition) is 1. The molecule has 0 aliphatic heterocycles. The zero-order valence-electron chi connectivity index (χ0n) is 9.47. The van der Waals surface area contributed by atoms with E-state index < -0.39 is 0 Å². The predicted octanol–water partition coefficient (Wildman–Crippen LogP) is 2.83. The number of fused-ring (bicyclic) bond motifs is 1. The molecule has 0 fully saturated rings. The molecule has 84 valence electrons. The number of carbonyl (C=O) groups excluding carboxylic acids is 1. The summed E-state index contributed by atoms with van der Waals surface area (Å²) in [6.45, 7) is 1.98. The fourth-order valence-electron chi connectivity index (χ4n) is 1.70. The molecule has 1 aromatic heterocycles. The SMILES string of the molecule is Cc1cc(Cl)c2[nH]c(C(=O)N(C)C)cc2c1. The van der Waals surface area contributed by atoms with Crippen LogP contribution < -0.4 is 0 Å². The van der Waals surface area contributed by atoms with Crippen molar-refractivity contribution in [3.05, 3.63) is 34.5 Å². The van der Waals surface area contributed by atoms with Crippen LogP contribution in [0.15, 0.2) is 18.2 Å². The zero-order chi connectivity index (χ0) is 11.9. The zero-order valence-corrected chi connectivity index (χ0v) is 10.2. The van der Waals surface area contributed by atoms with Gasteiger partial charge in [-0.1, -0.05) is 11.6 Å². The minimum absolute atomic E-state index is 0.0510. The predicted molar refractivity (Wildman–Crippen MR) is 66.1 cm³/mol. The molecule has 2 aromatic rings. The van der Waals surface area contributed by atoms with E-state index in [-0.39, 0.29) is 5.91 Å². The van der Waals surface area contributed by atoms with Crippen molar-refractivity contribution in [1.29, 1.82) is 0 Å². The van der Waals surface area contributed by atoms with Crippen LogP contribution in [0.3, 0.4) is 0 Å². The van der Waals surface area contributed by atoms with E-state index in [1.807, 2.05) is 25.1 Å². The number of halogens is 1. The van der Waals surface area contributed by atoms with Crippen LogP contribution in [0.25, 0.3) is 10.9 Å². The second-order valence-corrected chi connectivity index (χ2v) is 4.50. The Morgan fingerprint density at radius 2 is 2.00 bits per heavy atom. The van der Waals surface area contributed by atoms with E-state index in [4.69, 9.17) is 11.6 Å². The van der Waals surface area contributed by atoms with Gasteiger partial charge in [0.05, 0.1) is 10.5 Å². The van der Waals surface area contributed by atoms with Gasteiger partial charge in [-0.05, 0) is 30.7 Å². The summed E-state index contributed by atoms with van der Waals surface area (Å²) in [4.78, 5) is 16.3. The first-order chi connectivity index (χ1) is 7.49. The highest BCUT2D eigenvalue weighted by Crippen LogP contribution is 2.25. The molecule has 0 aliphatic rings. The number of aromatic nitrogens is 1. The second-order valence-electron chi connectivity index (χ2n) is 4.09. The Hall–Kier alpha value is -1.48. The van der Waals surface area contributed by atoms with Crippen molar-refractivity contribution in [3.8, 4) is 0 Å². The highest BCUT2D eigenvalue weighted by atomic mass is 35.5. The summed E-state index contributed by atoms with van der Waals surface area (Å²) in [7, 11) is 3.45. The van der Waals surface area contributed by atoms with Crippen LogP contribution >= 0.6 is 11.6 Å². The molecule has 0 aliphatic carbocycles. The molecule has 0 saturated heterocycles. The van der Waals surface area contributed by atoms with E-state index in [0.717, 1.165) is 16.5 Å². The van der Waals surface area contributed by atoms with Crippen molar-refractivity contribution in [1.82, 2.24) is 9.88 Å². The van der Waals surface area contributed by atoms with E-state index in [1.54, 1.807) is 14.1 Å². The fraction of sp³-hybridized carbons (Fsp3) is 0.250. The standard InChI is InChI=1S/C12H13ClN2O/c1-7-4-8-6-10(12(16)15(2)3)14-11(8)9(13)5-7/h4-6,14H,1-3H3. The van der Waals surface area contributed by atoms with E-state index in [1.165, 1.54) is 4.90 Å². The maximum Gasteiger partial charge on any atom is 0.269 e. The van der Waals surface area contributed by atoms with Crippen LogP contribution in [-0.4, -0.2) is 29.9 Å². The van der Waals surface area contributed by atoms with E-state index in [9.17, 15) is 4.79 Å². The molecule has 0 saturated carbocycles. The van der Waals surface area contributed by atoms with Gasteiger partial charge in [0.2, 0.25) is 0 Å². The van der Waals surface area contributed by atoms with Crippen LogP contribution in [-0.2, 0) is 0 Å². The average Bonchev–Trinajstić information content (AvgIpc) is 2.60. The normalized spacial score (nSPS) is 10.8. The number of rotatable bonds is 1. The smallest absolute Gasteiger partial charge is 0.269 e.